The second kappa shape index (κ2) is 8.74. The fraction of sp³-hybridized carbons (Fsp3) is 0.579. The van der Waals surface area contributed by atoms with Crippen molar-refractivity contribution in [3.63, 3.8) is 0 Å². The maximum absolute atomic E-state index is 13.7. The highest BCUT2D eigenvalue weighted by Gasteiger charge is 2.29. The molecule has 2 aliphatic rings. The molecule has 1 aromatic heterocycles. The number of likely N-dealkylation sites (tertiary alicyclic amines) is 1. The first kappa shape index (κ1) is 18.9. The number of aromatic nitrogens is 4. The van der Waals surface area contributed by atoms with E-state index in [0.717, 1.165) is 37.9 Å². The lowest BCUT2D eigenvalue weighted by atomic mass is 9.95. The molecular weight excluding hydrogens is 363 g/mol. The Labute approximate surface area is 163 Å². The summed E-state index contributed by atoms with van der Waals surface area (Å²) in [6.07, 6.45) is 2.82. The van der Waals surface area contributed by atoms with Crippen LogP contribution in [0.5, 0.6) is 0 Å². The third kappa shape index (κ3) is 4.36. The van der Waals surface area contributed by atoms with Gasteiger partial charge in [-0.1, -0.05) is 12.1 Å². The number of halogens is 1. The minimum Gasteiger partial charge on any atom is -0.379 e. The summed E-state index contributed by atoms with van der Waals surface area (Å²) in [5, 5.41) is 11.9. The molecule has 150 valence electrons. The van der Waals surface area contributed by atoms with Gasteiger partial charge >= 0.3 is 0 Å². The summed E-state index contributed by atoms with van der Waals surface area (Å²) in [5.74, 6) is 0.364. The molecule has 1 aromatic carbocycles. The molecule has 0 radical (unpaired) electrons. The molecule has 2 aromatic rings. The Kier molecular flexibility index (Phi) is 5.92. The Hall–Kier alpha value is -2.39. The molecule has 2 fully saturated rings. The summed E-state index contributed by atoms with van der Waals surface area (Å²) >= 11 is 0. The number of piperidine rings is 1. The monoisotopic (exact) mass is 388 g/mol. The fourth-order valence-electron chi connectivity index (χ4n) is 3.93. The molecule has 4 rings (SSSR count). The summed E-state index contributed by atoms with van der Waals surface area (Å²) in [6.45, 7) is 4.41. The van der Waals surface area contributed by atoms with Crippen molar-refractivity contribution in [1.29, 1.82) is 0 Å². The molecule has 28 heavy (non-hydrogen) atoms. The number of morpholine rings is 1. The molecule has 9 heteroatoms. The van der Waals surface area contributed by atoms with Crippen molar-refractivity contribution >= 4 is 5.91 Å². The van der Waals surface area contributed by atoms with Crippen molar-refractivity contribution < 1.29 is 13.9 Å². The lowest BCUT2D eigenvalue weighted by Gasteiger charge is -2.36. The van der Waals surface area contributed by atoms with Crippen molar-refractivity contribution in [3.05, 3.63) is 41.5 Å². The molecule has 0 bridgehead atoms. The van der Waals surface area contributed by atoms with Gasteiger partial charge in [-0.3, -0.25) is 9.69 Å². The smallest absolute Gasteiger partial charge is 0.244 e. The number of hydrogen-bond donors (Lipinski definition) is 0. The van der Waals surface area contributed by atoms with Gasteiger partial charge in [-0.05, 0) is 47.4 Å². The van der Waals surface area contributed by atoms with Gasteiger partial charge in [0.25, 0.3) is 0 Å². The molecule has 1 atom stereocenters. The van der Waals surface area contributed by atoms with Crippen LogP contribution in [0.4, 0.5) is 4.39 Å². The number of amides is 1. The Bertz CT molecular complexity index is 807. The van der Waals surface area contributed by atoms with E-state index in [1.807, 2.05) is 11.0 Å². The maximum Gasteiger partial charge on any atom is 0.244 e. The first-order valence-electron chi connectivity index (χ1n) is 9.81. The molecule has 2 aliphatic heterocycles. The topological polar surface area (TPSA) is 76.4 Å². The number of ether oxygens (including phenoxy) is 1. The molecule has 1 amide bonds. The van der Waals surface area contributed by atoms with E-state index < -0.39 is 0 Å². The minimum absolute atomic E-state index is 0.0375. The molecule has 3 heterocycles. The van der Waals surface area contributed by atoms with E-state index in [0.29, 0.717) is 32.1 Å². The van der Waals surface area contributed by atoms with E-state index in [9.17, 15) is 9.18 Å². The molecule has 0 spiro atoms. The van der Waals surface area contributed by atoms with Gasteiger partial charge in [0.2, 0.25) is 5.91 Å². The van der Waals surface area contributed by atoms with Crippen LogP contribution in [0.25, 0.3) is 0 Å². The van der Waals surface area contributed by atoms with Crippen LogP contribution in [0.2, 0.25) is 0 Å². The Morgan fingerprint density at radius 3 is 2.89 bits per heavy atom. The van der Waals surface area contributed by atoms with E-state index >= 15 is 0 Å². The second-order valence-corrected chi connectivity index (χ2v) is 7.30. The molecular formula is C19H25FN6O2. The zero-order valence-electron chi connectivity index (χ0n) is 15.8. The number of rotatable bonds is 5. The van der Waals surface area contributed by atoms with Gasteiger partial charge in [-0.15, -0.1) is 5.10 Å². The van der Waals surface area contributed by atoms with Gasteiger partial charge in [0.1, 0.15) is 12.4 Å². The summed E-state index contributed by atoms with van der Waals surface area (Å²) in [7, 11) is 0. The van der Waals surface area contributed by atoms with Crippen LogP contribution in [0, 0.1) is 5.82 Å². The quantitative estimate of drug-likeness (QED) is 0.771. The van der Waals surface area contributed by atoms with Crippen LogP contribution < -0.4 is 0 Å². The van der Waals surface area contributed by atoms with E-state index in [1.54, 1.807) is 10.7 Å². The van der Waals surface area contributed by atoms with Crippen LogP contribution in [0.15, 0.2) is 24.3 Å². The number of nitrogens with zero attached hydrogens (tertiary/aromatic N) is 6. The number of carbonyl (C=O) groups excluding carboxylic acids is 1. The number of tetrazole rings is 1. The lowest BCUT2D eigenvalue weighted by molar-refractivity contribution is -0.136. The summed E-state index contributed by atoms with van der Waals surface area (Å²) < 4.78 is 20.6. The molecule has 0 N–H and O–H groups in total. The third-order valence-electron chi connectivity index (χ3n) is 5.42. The van der Waals surface area contributed by atoms with Crippen LogP contribution >= 0.6 is 0 Å². The van der Waals surface area contributed by atoms with Gasteiger partial charge in [-0.25, -0.2) is 9.07 Å². The highest BCUT2D eigenvalue weighted by molar-refractivity contribution is 5.76. The van der Waals surface area contributed by atoms with E-state index in [1.165, 1.54) is 12.1 Å². The molecule has 8 nitrogen and oxygen atoms in total. The predicted octanol–water partition coefficient (Wildman–Crippen LogP) is 1.40. The van der Waals surface area contributed by atoms with Crippen LogP contribution in [-0.2, 0) is 22.6 Å². The summed E-state index contributed by atoms with van der Waals surface area (Å²) in [5.41, 5.74) is 0.846. The minimum atomic E-state index is -0.274. The zero-order valence-corrected chi connectivity index (χ0v) is 15.8. The van der Waals surface area contributed by atoms with Gasteiger partial charge in [0.15, 0.2) is 5.82 Å². The van der Waals surface area contributed by atoms with Crippen molar-refractivity contribution in [2.75, 3.05) is 32.8 Å². The molecule has 2 saturated heterocycles. The van der Waals surface area contributed by atoms with E-state index in [4.69, 9.17) is 4.74 Å². The second-order valence-electron chi connectivity index (χ2n) is 7.30. The van der Waals surface area contributed by atoms with E-state index in [-0.39, 0.29) is 24.3 Å². The Balaban J connectivity index is 1.46. The molecule has 0 saturated carbocycles. The molecule has 0 aliphatic carbocycles. The largest absolute Gasteiger partial charge is 0.379 e. The van der Waals surface area contributed by atoms with Crippen molar-refractivity contribution in [3.8, 4) is 0 Å². The normalized spacial score (nSPS) is 21.0. The van der Waals surface area contributed by atoms with Crippen molar-refractivity contribution in [1.82, 2.24) is 30.0 Å². The van der Waals surface area contributed by atoms with Crippen LogP contribution in [0.1, 0.15) is 36.7 Å². The Morgan fingerprint density at radius 2 is 2.07 bits per heavy atom. The predicted molar refractivity (Wildman–Crippen MR) is 98.6 cm³/mol. The SMILES string of the molecule is O=C(Cn1nnnc1CN1CCOCC1)N1CCCCC1c1cccc(F)c1. The van der Waals surface area contributed by atoms with Gasteiger partial charge < -0.3 is 9.64 Å². The van der Waals surface area contributed by atoms with Gasteiger partial charge in [0, 0.05) is 19.6 Å². The fourth-order valence-corrected chi connectivity index (χ4v) is 3.93. The third-order valence-corrected chi connectivity index (χ3v) is 5.42. The standard InChI is InChI=1S/C19H25FN6O2/c20-16-5-3-4-15(12-16)17-6-1-2-7-25(17)19(27)14-26-18(21-22-23-26)13-24-8-10-28-11-9-24/h3-5,12,17H,1-2,6-11,13-14H2. The zero-order chi connectivity index (χ0) is 19.3. The first-order chi connectivity index (χ1) is 13.7. The molecule has 1 unspecified atom stereocenters. The highest BCUT2D eigenvalue weighted by Crippen LogP contribution is 2.31. The summed E-state index contributed by atoms with van der Waals surface area (Å²) in [6, 6.07) is 6.44. The number of hydrogen-bond acceptors (Lipinski definition) is 6. The first-order valence-corrected chi connectivity index (χ1v) is 9.81. The number of carbonyl (C=O) groups is 1. The average Bonchev–Trinajstić information content (AvgIpc) is 3.15. The number of benzene rings is 1. The lowest BCUT2D eigenvalue weighted by Crippen LogP contribution is -2.41. The maximum atomic E-state index is 13.7. The van der Waals surface area contributed by atoms with E-state index in [2.05, 4.69) is 20.4 Å². The van der Waals surface area contributed by atoms with Crippen LogP contribution in [0.3, 0.4) is 0 Å². The summed E-state index contributed by atoms with van der Waals surface area (Å²) in [4.78, 5) is 17.1. The Morgan fingerprint density at radius 1 is 1.21 bits per heavy atom. The van der Waals surface area contributed by atoms with Crippen molar-refractivity contribution in [2.45, 2.75) is 38.4 Å². The van der Waals surface area contributed by atoms with Gasteiger partial charge in [-0.2, -0.15) is 0 Å². The van der Waals surface area contributed by atoms with Crippen molar-refractivity contribution in [2.24, 2.45) is 0 Å². The van der Waals surface area contributed by atoms with Crippen LogP contribution in [-0.4, -0.2) is 68.8 Å². The average molecular weight is 388 g/mol. The van der Waals surface area contributed by atoms with Gasteiger partial charge in [0.05, 0.1) is 25.8 Å². The highest BCUT2D eigenvalue weighted by atomic mass is 19.1.